The van der Waals surface area contributed by atoms with E-state index in [1.807, 2.05) is 0 Å². The average molecular weight is 1650 g/mol. The third kappa shape index (κ3) is 13.2. The standard InChI is InChI=1S/C63H47N3.C60H39N3/c1-63(2)59-26-16-15-25-55(59)56-38-37-54(43-60(56)63)66-61-39-31-46(44-27-33-52(34-28-44)64(48-17-7-3-8-18-48)49-19-9-4-10-20-49)41-57(61)58-42-47(32-40-62(58)66)45-29-35-53(36-30-45)65(50-21-11-5-12-22-50)51-23-13-6-14-24-51;1-4-14-40(15-5-1)41-24-30-48(31-25-41)63-59-34-28-44(42-26-32-57-51(36-42)49-20-10-12-22-55(49)61(57)46-16-6-2-7-17-46)38-53(59)54-39-45(29-35-60(54)63)43-27-33-58-52(37-43)50-21-11-13-23-56(50)62(58)47-18-8-3-9-19-47/h3-43H,1-2H3;1-39H. The molecule has 0 saturated heterocycles. The smallest absolute Gasteiger partial charge is 0.0541 e. The topological polar surface area (TPSA) is 26.2 Å². The minimum Gasteiger partial charge on any atom is -0.311 e. The average Bonchev–Trinajstić information content (AvgIpc) is 1.55. The molecule has 129 heavy (non-hydrogen) atoms. The van der Waals surface area contributed by atoms with Crippen molar-refractivity contribution in [3.63, 3.8) is 0 Å². The lowest BCUT2D eigenvalue weighted by molar-refractivity contribution is 0.660. The molecular weight excluding hydrogens is 1560 g/mol. The number of nitrogens with zero attached hydrogens (tertiary/aromatic N) is 6. The maximum atomic E-state index is 2.47. The van der Waals surface area contributed by atoms with Gasteiger partial charge < -0.3 is 28.1 Å². The third-order valence-corrected chi connectivity index (χ3v) is 26.6. The lowest BCUT2D eigenvalue weighted by atomic mass is 9.82. The fourth-order valence-electron chi connectivity index (χ4n) is 20.4. The molecule has 608 valence electrons. The molecule has 0 atom stereocenters. The fourth-order valence-corrected chi connectivity index (χ4v) is 20.4. The van der Waals surface area contributed by atoms with Crippen molar-refractivity contribution in [1.82, 2.24) is 18.3 Å². The van der Waals surface area contributed by atoms with E-state index in [4.69, 9.17) is 0 Å². The van der Waals surface area contributed by atoms with Gasteiger partial charge in [-0.1, -0.05) is 293 Å². The maximum Gasteiger partial charge on any atom is 0.0541 e. The van der Waals surface area contributed by atoms with Crippen molar-refractivity contribution in [2.75, 3.05) is 9.80 Å². The third-order valence-electron chi connectivity index (χ3n) is 26.6. The van der Waals surface area contributed by atoms with Crippen LogP contribution < -0.4 is 9.80 Å². The zero-order valence-corrected chi connectivity index (χ0v) is 71.4. The zero-order chi connectivity index (χ0) is 85.6. The molecule has 6 nitrogen and oxygen atoms in total. The molecule has 0 spiro atoms. The molecule has 0 bridgehead atoms. The van der Waals surface area contributed by atoms with Crippen LogP contribution in [0.5, 0.6) is 0 Å². The van der Waals surface area contributed by atoms with Crippen molar-refractivity contribution < 1.29 is 0 Å². The molecule has 25 rings (SSSR count). The lowest BCUT2D eigenvalue weighted by Crippen LogP contribution is -2.15. The molecule has 1 aliphatic rings. The van der Waals surface area contributed by atoms with Gasteiger partial charge in [0.15, 0.2) is 0 Å². The first-order chi connectivity index (χ1) is 63.7. The summed E-state index contributed by atoms with van der Waals surface area (Å²) in [5.74, 6) is 0. The van der Waals surface area contributed by atoms with Crippen LogP contribution >= 0.6 is 0 Å². The molecule has 1 aliphatic carbocycles. The molecule has 4 aromatic heterocycles. The summed E-state index contributed by atoms with van der Waals surface area (Å²) in [5.41, 5.74) is 38.2. The predicted octanol–water partition coefficient (Wildman–Crippen LogP) is 33.3. The Morgan fingerprint density at radius 3 is 0.760 bits per heavy atom. The largest absolute Gasteiger partial charge is 0.311 e. The van der Waals surface area contributed by atoms with Gasteiger partial charge in [0.2, 0.25) is 0 Å². The Morgan fingerprint density at radius 2 is 0.388 bits per heavy atom. The molecule has 0 N–H and O–H groups in total. The van der Waals surface area contributed by atoms with Crippen LogP contribution in [0.1, 0.15) is 25.0 Å². The number of anilines is 6. The summed E-state index contributed by atoms with van der Waals surface area (Å²) in [5, 5.41) is 9.91. The lowest BCUT2D eigenvalue weighted by Gasteiger charge is -2.25. The van der Waals surface area contributed by atoms with Crippen LogP contribution in [0.25, 0.3) is 177 Å². The molecule has 6 heteroatoms. The van der Waals surface area contributed by atoms with Crippen molar-refractivity contribution in [2.24, 2.45) is 0 Å². The highest BCUT2D eigenvalue weighted by Gasteiger charge is 2.36. The fraction of sp³-hybridized carbons (Fsp3) is 0.0244. The van der Waals surface area contributed by atoms with Crippen molar-refractivity contribution >= 4 is 121 Å². The van der Waals surface area contributed by atoms with Crippen molar-refractivity contribution in [2.45, 2.75) is 19.3 Å². The van der Waals surface area contributed by atoms with Gasteiger partial charge in [0.25, 0.3) is 0 Å². The molecule has 0 aliphatic heterocycles. The molecule has 0 unspecified atom stereocenters. The quantitative estimate of drug-likeness (QED) is 0.102. The maximum absolute atomic E-state index is 2.47. The molecule has 0 amide bonds. The van der Waals surface area contributed by atoms with E-state index in [1.165, 1.54) is 182 Å². The number of benzene rings is 20. The van der Waals surface area contributed by atoms with Gasteiger partial charge in [0, 0.05) is 105 Å². The summed E-state index contributed by atoms with van der Waals surface area (Å²) < 4.78 is 9.67. The second-order valence-electron chi connectivity index (χ2n) is 34.4. The normalized spacial score (nSPS) is 12.2. The van der Waals surface area contributed by atoms with Crippen molar-refractivity contribution in [3.05, 3.63) is 496 Å². The number of hydrogen-bond donors (Lipinski definition) is 0. The van der Waals surface area contributed by atoms with Crippen LogP contribution in [0.15, 0.2) is 485 Å². The number of aromatic nitrogens is 4. The van der Waals surface area contributed by atoms with Crippen LogP contribution in [0.2, 0.25) is 0 Å². The Labute approximate surface area is 749 Å². The molecule has 4 heterocycles. The Balaban J connectivity index is 0.000000143. The molecular formula is C123H86N6. The first-order valence-electron chi connectivity index (χ1n) is 44.5. The van der Waals surface area contributed by atoms with E-state index in [0.29, 0.717) is 0 Å². The molecule has 0 saturated carbocycles. The van der Waals surface area contributed by atoms with E-state index in [2.05, 4.69) is 527 Å². The Kier molecular flexibility index (Phi) is 18.5. The van der Waals surface area contributed by atoms with Gasteiger partial charge in [0.1, 0.15) is 0 Å². The SMILES string of the molecule is CC1(C)c2ccccc2-c2ccc(-n3c4ccc(-c5ccc(N(c6ccccc6)c6ccccc6)cc5)cc4c4cc(-c5ccc(N(c6ccccc6)c6ccccc6)cc5)ccc43)cc21.c1ccc(-c2ccc(-n3c4ccc(-c5ccc6c(c5)c5ccccc5n6-c5ccccc5)cc4c4cc(-c5ccc6c(c5)c5ccccc5n6-c5ccccc5)ccc43)cc2)cc1. The summed E-state index contributed by atoms with van der Waals surface area (Å²) in [6.07, 6.45) is 0. The summed E-state index contributed by atoms with van der Waals surface area (Å²) in [4.78, 5) is 4.62. The van der Waals surface area contributed by atoms with Crippen LogP contribution in [-0.2, 0) is 5.41 Å². The minimum absolute atomic E-state index is 0.105. The van der Waals surface area contributed by atoms with Gasteiger partial charge in [0.05, 0.1) is 44.1 Å². The Bertz CT molecular complexity index is 7910. The summed E-state index contributed by atoms with van der Waals surface area (Å²) in [6, 6.07) is 177. The number of fused-ring (bicyclic) bond motifs is 15. The van der Waals surface area contributed by atoms with Crippen LogP contribution in [0.4, 0.5) is 34.1 Å². The van der Waals surface area contributed by atoms with E-state index < -0.39 is 0 Å². The second-order valence-corrected chi connectivity index (χ2v) is 34.4. The summed E-state index contributed by atoms with van der Waals surface area (Å²) in [7, 11) is 0. The number of para-hydroxylation sites is 8. The first kappa shape index (κ1) is 75.9. The van der Waals surface area contributed by atoms with Crippen molar-refractivity contribution in [1.29, 1.82) is 0 Å². The highest BCUT2D eigenvalue weighted by Crippen LogP contribution is 2.51. The summed E-state index contributed by atoms with van der Waals surface area (Å²) >= 11 is 0. The van der Waals surface area contributed by atoms with E-state index in [1.54, 1.807) is 0 Å². The highest BCUT2D eigenvalue weighted by molar-refractivity contribution is 6.16. The molecule has 0 fully saturated rings. The molecule has 0 radical (unpaired) electrons. The van der Waals surface area contributed by atoms with Crippen LogP contribution in [-0.4, -0.2) is 18.3 Å². The van der Waals surface area contributed by atoms with Gasteiger partial charge in [-0.05, 0) is 284 Å². The predicted molar refractivity (Wildman–Crippen MR) is 544 cm³/mol. The van der Waals surface area contributed by atoms with E-state index >= 15 is 0 Å². The van der Waals surface area contributed by atoms with Gasteiger partial charge in [-0.25, -0.2) is 0 Å². The molecule has 20 aromatic carbocycles. The summed E-state index contributed by atoms with van der Waals surface area (Å²) in [6.45, 7) is 4.72. The molecule has 24 aromatic rings. The number of rotatable bonds is 15. The van der Waals surface area contributed by atoms with Gasteiger partial charge in [-0.3, -0.25) is 0 Å². The monoisotopic (exact) mass is 1650 g/mol. The minimum atomic E-state index is -0.105. The first-order valence-corrected chi connectivity index (χ1v) is 44.5. The van der Waals surface area contributed by atoms with E-state index in [0.717, 1.165) is 39.8 Å². The van der Waals surface area contributed by atoms with E-state index in [-0.39, 0.29) is 5.41 Å². The second kappa shape index (κ2) is 31.5. The highest BCUT2D eigenvalue weighted by atomic mass is 15.1. The Morgan fingerprint density at radius 1 is 0.155 bits per heavy atom. The van der Waals surface area contributed by atoms with E-state index in [9.17, 15) is 0 Å². The number of hydrogen-bond acceptors (Lipinski definition) is 2. The van der Waals surface area contributed by atoms with Gasteiger partial charge >= 0.3 is 0 Å². The van der Waals surface area contributed by atoms with Crippen LogP contribution in [0, 0.1) is 0 Å². The zero-order valence-electron chi connectivity index (χ0n) is 71.4. The van der Waals surface area contributed by atoms with Gasteiger partial charge in [-0.2, -0.15) is 0 Å². The Hall–Kier alpha value is -16.8. The van der Waals surface area contributed by atoms with Crippen LogP contribution in [0.3, 0.4) is 0 Å². The van der Waals surface area contributed by atoms with Gasteiger partial charge in [-0.15, -0.1) is 0 Å². The van der Waals surface area contributed by atoms with Crippen molar-refractivity contribution in [3.8, 4) is 89.5 Å².